The van der Waals surface area contributed by atoms with Crippen LogP contribution in [0, 0.1) is 0 Å². The molecule has 11 atom stereocenters. The van der Waals surface area contributed by atoms with Gasteiger partial charge in [-0.3, -0.25) is 62.5 Å². The van der Waals surface area contributed by atoms with E-state index in [0.29, 0.717) is 30.8 Å². The van der Waals surface area contributed by atoms with E-state index in [9.17, 15) is 52.7 Å². The minimum Gasteiger partial charge on any atom is -0.493 e. The molecule has 92 heavy (non-hydrogen) atoms. The Balaban J connectivity index is 1.29. The maximum Gasteiger partial charge on any atom is 0.303 e. The van der Waals surface area contributed by atoms with Crippen molar-refractivity contribution >= 4 is 94.7 Å². The molecule has 7 rings (SSSR count). The monoisotopic (exact) mass is 1290 g/mol. The average molecular weight is 1290 g/mol. The molecule has 0 unspecified atom stereocenters. The topological polar surface area (TPSA) is 380 Å². The lowest BCUT2D eigenvalue weighted by molar-refractivity contribution is -0.268. The first-order chi connectivity index (χ1) is 43.6. The number of carbonyl (C=O) groups excluding carboxylic acids is 12. The molecule has 0 spiro atoms. The molecule has 3 fully saturated rings. The van der Waals surface area contributed by atoms with E-state index in [0.717, 1.165) is 77.4 Å². The van der Waals surface area contributed by atoms with E-state index in [-0.39, 0.29) is 66.5 Å². The summed E-state index contributed by atoms with van der Waals surface area (Å²) in [6.07, 6.45) is -10.5. The van der Waals surface area contributed by atoms with Crippen LogP contribution >= 0.6 is 0 Å². The van der Waals surface area contributed by atoms with E-state index >= 15 is 4.79 Å². The molecule has 3 saturated heterocycles. The van der Waals surface area contributed by atoms with E-state index in [1.165, 1.54) is 31.6 Å². The summed E-state index contributed by atoms with van der Waals surface area (Å²) in [4.78, 5) is 167. The van der Waals surface area contributed by atoms with Gasteiger partial charge in [-0.05, 0) is 64.5 Å². The third kappa shape index (κ3) is 18.2. The molecule has 0 radical (unpaired) electrons. The van der Waals surface area contributed by atoms with Gasteiger partial charge in [0.25, 0.3) is 17.7 Å². The smallest absolute Gasteiger partial charge is 0.303 e. The van der Waals surface area contributed by atoms with Gasteiger partial charge in [0, 0.05) is 99.6 Å². The van der Waals surface area contributed by atoms with Crippen molar-refractivity contribution in [1.29, 1.82) is 0 Å². The Labute approximate surface area is 528 Å². The summed E-state index contributed by atoms with van der Waals surface area (Å²) in [5.41, 5.74) is -0.226. The Bertz CT molecular complexity index is 3320. The van der Waals surface area contributed by atoms with Crippen LogP contribution in [-0.4, -0.2) is 212 Å². The van der Waals surface area contributed by atoms with Gasteiger partial charge >= 0.3 is 47.8 Å². The van der Waals surface area contributed by atoms with E-state index in [2.05, 4.69) is 20.9 Å². The first-order valence-electron chi connectivity index (χ1n) is 29.4. The van der Waals surface area contributed by atoms with Gasteiger partial charge in [-0.2, -0.15) is 0 Å². The zero-order valence-corrected chi connectivity index (χ0v) is 52.7. The van der Waals surface area contributed by atoms with Crippen molar-refractivity contribution in [1.82, 2.24) is 24.3 Å². The van der Waals surface area contributed by atoms with Crippen LogP contribution in [0.2, 0.25) is 0 Å². The van der Waals surface area contributed by atoms with Gasteiger partial charge in [0.15, 0.2) is 60.6 Å². The zero-order valence-electron chi connectivity index (χ0n) is 52.7. The highest BCUT2D eigenvalue weighted by Crippen LogP contribution is 2.41. The molecule has 3 aromatic rings. The van der Waals surface area contributed by atoms with Gasteiger partial charge in [0.1, 0.15) is 36.8 Å². The molecule has 4 aliphatic heterocycles. The molecular weight excluding hydrogens is 1220 g/mol. The zero-order chi connectivity index (χ0) is 67.2. The largest absolute Gasteiger partial charge is 0.493 e. The molecule has 0 bridgehead atoms. The number of hydrogen-bond donors (Lipinski definition) is 3. The van der Waals surface area contributed by atoms with Gasteiger partial charge in [0.2, 0.25) is 5.91 Å². The van der Waals surface area contributed by atoms with Gasteiger partial charge in [-0.25, -0.2) is 0 Å². The fourth-order valence-electron chi connectivity index (χ4n) is 10.9. The first kappa shape index (κ1) is 70.0. The Morgan fingerprint density at radius 2 is 1.09 bits per heavy atom. The summed E-state index contributed by atoms with van der Waals surface area (Å²) in [5.74, 6) is -9.36. The number of aliphatic imine (C=N–C) groups is 1. The fraction of sp³-hybridized carbons (Fsp3) is 0.550. The normalized spacial score (nSPS) is 23.1. The molecule has 0 aliphatic carbocycles. The fourth-order valence-corrected chi connectivity index (χ4v) is 10.9. The van der Waals surface area contributed by atoms with Gasteiger partial charge < -0.3 is 91.7 Å². The number of fused-ring (bicyclic) bond motifs is 2. The second-order valence-electron chi connectivity index (χ2n) is 22.1. The van der Waals surface area contributed by atoms with Crippen molar-refractivity contribution in [2.75, 3.05) is 71.3 Å². The number of carbonyl (C=O) groups is 12. The van der Waals surface area contributed by atoms with E-state index in [1.807, 2.05) is 19.0 Å². The van der Waals surface area contributed by atoms with Crippen molar-refractivity contribution in [3.63, 3.8) is 0 Å². The number of amides is 4. The van der Waals surface area contributed by atoms with Gasteiger partial charge in [-0.1, -0.05) is 0 Å². The number of rotatable bonds is 26. The molecule has 2 aromatic heterocycles. The summed E-state index contributed by atoms with van der Waals surface area (Å²) in [5, 5.41) is 8.23. The SMILES string of the molecule is COc1cc2c(cc1OCCCC(=O)Nc1cc(C(=O)Nc3cc(C(=O)NCCCN(C)C)n([C@H]4O[C@H](COC(C)=O)[C@@H](OC(C)=O)[C@@H](OC(C)=O)[C@H]4OC(C)=O)c3)n([C@H]3O[C@H](COC(C)=O)[C@@H](OC(C)=O)[C@@H](OC(C)=O)[C@H]3OC(C)=O)c1)N=C[C@H]1CCCN1C2=O. The number of anilines is 2. The molecule has 4 aliphatic rings. The summed E-state index contributed by atoms with van der Waals surface area (Å²) in [6.45, 7) is 8.26. The maximum absolute atomic E-state index is 15.3. The average Bonchev–Trinajstić information content (AvgIpc) is 1.46. The van der Waals surface area contributed by atoms with Crippen LogP contribution in [0.5, 0.6) is 11.5 Å². The molecular formula is C60H76N8O24. The van der Waals surface area contributed by atoms with Crippen LogP contribution < -0.4 is 25.4 Å². The van der Waals surface area contributed by atoms with E-state index in [4.69, 9.17) is 56.8 Å². The van der Waals surface area contributed by atoms with Crippen LogP contribution in [0.1, 0.15) is 131 Å². The predicted molar refractivity (Wildman–Crippen MR) is 315 cm³/mol. The molecule has 4 amide bonds. The Kier molecular flexibility index (Phi) is 24.0. The first-order valence-corrected chi connectivity index (χ1v) is 29.4. The number of esters is 8. The van der Waals surface area contributed by atoms with Crippen LogP contribution in [0.15, 0.2) is 41.7 Å². The Morgan fingerprint density at radius 1 is 0.598 bits per heavy atom. The highest BCUT2D eigenvalue weighted by atomic mass is 16.7. The molecule has 0 saturated carbocycles. The second-order valence-corrected chi connectivity index (χ2v) is 22.1. The third-order valence-electron chi connectivity index (χ3n) is 14.5. The minimum absolute atomic E-state index is 0.0400. The van der Waals surface area contributed by atoms with Crippen LogP contribution in [0.25, 0.3) is 0 Å². The summed E-state index contributed by atoms with van der Waals surface area (Å²) in [7, 11) is 5.07. The maximum atomic E-state index is 15.3. The van der Waals surface area contributed by atoms with Crippen molar-refractivity contribution in [2.24, 2.45) is 4.99 Å². The number of aromatic nitrogens is 2. The number of nitrogens with zero attached hydrogens (tertiary/aromatic N) is 5. The van der Waals surface area contributed by atoms with Crippen molar-refractivity contribution < 1.29 is 114 Å². The van der Waals surface area contributed by atoms with E-state index < -0.39 is 146 Å². The quantitative estimate of drug-likeness (QED) is 0.0591. The molecule has 500 valence electrons. The predicted octanol–water partition coefficient (Wildman–Crippen LogP) is 2.86. The number of ether oxygens (including phenoxy) is 12. The number of benzene rings is 1. The second kappa shape index (κ2) is 31.5. The van der Waals surface area contributed by atoms with Crippen LogP contribution in [-0.2, 0) is 90.5 Å². The van der Waals surface area contributed by atoms with E-state index in [1.54, 1.807) is 23.2 Å². The lowest BCUT2D eigenvalue weighted by atomic mass is 9.97. The standard InChI is InChI=1S/C60H76N8O24/c1-30(69)83-28-47-50(85-32(3)71)52(87-34(5)73)54(89-36(7)75)59(91-47)67-27-39(22-43(67)56(78)61-17-14-18-65(9)10)64-57(79)44-21-38(26-68(44)60-55(90-37(8)76)53(88-35(6)74)51(86-33(4)72)48(92-60)29-84-31(2)70)63-49(77)16-13-20-82-46-24-42-41(23-45(46)81-11)58(80)66-19-12-15-40(66)25-62-42/h21-27,40,47-48,50-55,59-60H,12-20,28-29H2,1-11H3,(H,61,78)(H,63,77)(H,64,79)/t40-,47-,48-,50-,51-,52-,53-,54-,55-,59+,60+/m1/s1. The van der Waals surface area contributed by atoms with Gasteiger partial charge in [-0.15, -0.1) is 0 Å². The highest BCUT2D eigenvalue weighted by molar-refractivity contribution is 6.06. The molecule has 32 heteroatoms. The molecule has 6 heterocycles. The third-order valence-corrected chi connectivity index (χ3v) is 14.5. The number of nitrogens with one attached hydrogen (secondary N) is 3. The van der Waals surface area contributed by atoms with Crippen molar-refractivity contribution in [3.05, 3.63) is 53.6 Å². The lowest BCUT2D eigenvalue weighted by Gasteiger charge is -2.45. The molecule has 32 nitrogen and oxygen atoms in total. The van der Waals surface area contributed by atoms with Crippen LogP contribution in [0.4, 0.5) is 17.1 Å². The van der Waals surface area contributed by atoms with Crippen molar-refractivity contribution in [3.8, 4) is 11.5 Å². The number of hydrogen-bond acceptors (Lipinski definition) is 26. The summed E-state index contributed by atoms with van der Waals surface area (Å²) < 4.78 is 71.3. The molecule has 3 N–H and O–H groups in total. The summed E-state index contributed by atoms with van der Waals surface area (Å²) >= 11 is 0. The minimum atomic E-state index is -1.79. The molecule has 1 aromatic carbocycles. The number of methoxy groups -OCH3 is 1. The van der Waals surface area contributed by atoms with Crippen molar-refractivity contribution in [2.45, 2.75) is 155 Å². The Hall–Kier alpha value is -9.43. The van der Waals surface area contributed by atoms with Crippen LogP contribution in [0.3, 0.4) is 0 Å². The van der Waals surface area contributed by atoms with Gasteiger partial charge in [0.05, 0.1) is 42.4 Å². The highest BCUT2D eigenvalue weighted by Gasteiger charge is 2.55. The Morgan fingerprint density at radius 3 is 1.58 bits per heavy atom. The lowest BCUT2D eigenvalue weighted by Crippen LogP contribution is -2.60. The summed E-state index contributed by atoms with van der Waals surface area (Å²) in [6, 6.07) is 5.41.